The van der Waals surface area contributed by atoms with E-state index in [0.29, 0.717) is 11.4 Å². The van der Waals surface area contributed by atoms with Crippen molar-refractivity contribution in [3.05, 3.63) is 45.9 Å². The van der Waals surface area contributed by atoms with Crippen LogP contribution in [0.3, 0.4) is 0 Å². The van der Waals surface area contributed by atoms with Crippen molar-refractivity contribution < 1.29 is 8.91 Å². The molecule has 1 aliphatic carbocycles. The molecule has 1 aliphatic heterocycles. The zero-order valence-corrected chi connectivity index (χ0v) is 11.0. The number of pyridine rings is 2. The molecular formula is C15H14N4O2. The lowest BCUT2D eigenvalue weighted by molar-refractivity contribution is 0.102. The van der Waals surface area contributed by atoms with Crippen molar-refractivity contribution in [1.29, 1.82) is 0 Å². The molecule has 106 valence electrons. The van der Waals surface area contributed by atoms with Crippen molar-refractivity contribution in [3.8, 4) is 0 Å². The van der Waals surface area contributed by atoms with Crippen molar-refractivity contribution in [2.24, 2.45) is 0 Å². The quantitative estimate of drug-likeness (QED) is 0.839. The van der Waals surface area contributed by atoms with Crippen molar-refractivity contribution >= 4 is 23.2 Å². The average molecular weight is 285 g/mol. The third-order valence-electron chi connectivity index (χ3n) is 3.67. The molecule has 2 aromatic rings. The molecule has 2 N–H and O–H groups in total. The Kier molecular flexibility index (Phi) is 1.86. The highest BCUT2D eigenvalue weighted by atomic mass is 16.2. The number of nitrogens with one attached hydrogen (secondary N) is 2. The Labute approximate surface area is 125 Å². The molecule has 3 heterocycles. The van der Waals surface area contributed by atoms with E-state index in [-0.39, 0.29) is 23.1 Å². The van der Waals surface area contributed by atoms with Crippen LogP contribution in [0, 0.1) is 6.85 Å². The molecule has 0 radical (unpaired) electrons. The monoisotopic (exact) mass is 285 g/mol. The number of hydrogen-bond acceptors (Lipinski definition) is 4. The minimum absolute atomic E-state index is 0.0765. The number of hydrogen-bond donors (Lipinski definition) is 2. The summed E-state index contributed by atoms with van der Waals surface area (Å²) >= 11 is 0. The Hall–Kier alpha value is -2.63. The van der Waals surface area contributed by atoms with Gasteiger partial charge in [0.1, 0.15) is 11.6 Å². The van der Waals surface area contributed by atoms with Gasteiger partial charge in [-0.1, -0.05) is 0 Å². The highest BCUT2D eigenvalue weighted by Crippen LogP contribution is 2.43. The van der Waals surface area contributed by atoms with E-state index in [1.807, 2.05) is 0 Å². The Morgan fingerprint density at radius 2 is 2.29 bits per heavy atom. The maximum absolute atomic E-state index is 12.6. The zero-order chi connectivity index (χ0) is 17.1. The average Bonchev–Trinajstić information content (AvgIpc) is 3.33. The number of amides is 1. The number of rotatable bonds is 1. The molecule has 2 aliphatic rings. The lowest BCUT2D eigenvalue weighted by Crippen LogP contribution is -2.25. The van der Waals surface area contributed by atoms with Crippen molar-refractivity contribution in [3.63, 3.8) is 0 Å². The summed E-state index contributed by atoms with van der Waals surface area (Å²) in [5.41, 5.74) is -0.241. The van der Waals surface area contributed by atoms with Crippen LogP contribution in [0.15, 0.2) is 29.2 Å². The van der Waals surface area contributed by atoms with Crippen LogP contribution in [0.1, 0.15) is 32.9 Å². The Morgan fingerprint density at radius 1 is 1.43 bits per heavy atom. The van der Waals surface area contributed by atoms with E-state index in [9.17, 15) is 9.59 Å². The molecule has 1 amide bonds. The topological polar surface area (TPSA) is 78.1 Å². The lowest BCUT2D eigenvalue weighted by atomic mass is 10.2. The van der Waals surface area contributed by atoms with Gasteiger partial charge < -0.3 is 15.2 Å². The second-order valence-corrected chi connectivity index (χ2v) is 5.20. The van der Waals surface area contributed by atoms with Gasteiger partial charge in [-0.2, -0.15) is 0 Å². The number of H-pyrrole nitrogens is 1. The van der Waals surface area contributed by atoms with Gasteiger partial charge in [0.05, 0.1) is 11.3 Å². The minimum atomic E-state index is -2.52. The molecule has 0 spiro atoms. The van der Waals surface area contributed by atoms with E-state index in [1.165, 1.54) is 0 Å². The highest BCUT2D eigenvalue weighted by Gasteiger charge is 2.37. The second kappa shape index (κ2) is 4.18. The Balaban J connectivity index is 2.04. The van der Waals surface area contributed by atoms with Gasteiger partial charge in [0, 0.05) is 22.4 Å². The molecular weight excluding hydrogens is 268 g/mol. The van der Waals surface area contributed by atoms with Gasteiger partial charge in [-0.25, -0.2) is 4.98 Å². The molecule has 1 saturated carbocycles. The fourth-order valence-corrected chi connectivity index (χ4v) is 2.59. The molecule has 6 heteroatoms. The normalized spacial score (nSPS) is 19.5. The van der Waals surface area contributed by atoms with Crippen LogP contribution in [0.5, 0.6) is 0 Å². The fourth-order valence-electron chi connectivity index (χ4n) is 2.59. The minimum Gasteiger partial charge on any atom is -0.319 e. The van der Waals surface area contributed by atoms with Gasteiger partial charge in [0.2, 0.25) is 5.56 Å². The first-order valence-electron chi connectivity index (χ1n) is 8.19. The predicted octanol–water partition coefficient (Wildman–Crippen LogP) is 1.94. The number of fused-ring (bicyclic) bond motifs is 2. The number of aromatic amines is 1. The first-order chi connectivity index (χ1) is 11.4. The van der Waals surface area contributed by atoms with Crippen LogP contribution >= 0.6 is 0 Å². The number of aromatic nitrogens is 2. The maximum atomic E-state index is 12.6. The predicted molar refractivity (Wildman–Crippen MR) is 79.2 cm³/mol. The number of aryl methyl sites for hydroxylation is 1. The molecule has 0 saturated heterocycles. The lowest BCUT2D eigenvalue weighted by Gasteiger charge is -2.24. The van der Waals surface area contributed by atoms with Gasteiger partial charge in [0.25, 0.3) is 5.91 Å². The molecule has 21 heavy (non-hydrogen) atoms. The highest BCUT2D eigenvalue weighted by molar-refractivity contribution is 6.11. The molecule has 4 rings (SSSR count). The van der Waals surface area contributed by atoms with Gasteiger partial charge in [-0.05, 0) is 37.4 Å². The molecule has 0 bridgehead atoms. The van der Waals surface area contributed by atoms with Crippen molar-refractivity contribution in [2.75, 3.05) is 10.2 Å². The summed E-state index contributed by atoms with van der Waals surface area (Å²) in [4.78, 5) is 33.3. The first kappa shape index (κ1) is 9.33. The van der Waals surface area contributed by atoms with Crippen LogP contribution < -0.4 is 15.8 Å². The van der Waals surface area contributed by atoms with Gasteiger partial charge >= 0.3 is 0 Å². The van der Waals surface area contributed by atoms with E-state index in [2.05, 4.69) is 15.3 Å². The third kappa shape index (κ3) is 1.83. The van der Waals surface area contributed by atoms with E-state index >= 15 is 0 Å². The molecule has 0 aromatic carbocycles. The Morgan fingerprint density at radius 3 is 3.05 bits per heavy atom. The van der Waals surface area contributed by atoms with Crippen LogP contribution in [0.4, 0.5) is 17.3 Å². The summed E-state index contributed by atoms with van der Waals surface area (Å²) in [6, 6.07) is 4.37. The van der Waals surface area contributed by atoms with Crippen LogP contribution in [0.25, 0.3) is 0 Å². The summed E-state index contributed by atoms with van der Waals surface area (Å²) in [5.74, 6) is 0.261. The third-order valence-corrected chi connectivity index (χ3v) is 3.67. The van der Waals surface area contributed by atoms with Gasteiger partial charge in [-0.3, -0.25) is 9.59 Å². The van der Waals surface area contributed by atoms with E-state index < -0.39 is 18.3 Å². The number of carbonyl (C=O) groups excluding carboxylic acids is 1. The van der Waals surface area contributed by atoms with E-state index in [4.69, 9.17) is 4.11 Å². The zero-order valence-electron chi connectivity index (χ0n) is 14.0. The standard InChI is InChI=1S/C15H14N4O2/c1-8-7-11(20)17-14-12(8)18-15(21)10-3-2-6-16-13(10)19(14)9-4-5-9/h2-3,6-7,9H,4-5H2,1H3,(H,17,20)(H,18,21)/i1D3. The second-order valence-electron chi connectivity index (χ2n) is 5.20. The number of carbonyl (C=O) groups is 1. The Bertz CT molecular complexity index is 902. The largest absolute Gasteiger partial charge is 0.319 e. The summed E-state index contributed by atoms with van der Waals surface area (Å²) in [5, 5.41) is 2.64. The molecule has 1 fully saturated rings. The van der Waals surface area contributed by atoms with Gasteiger partial charge in [0.15, 0.2) is 0 Å². The maximum Gasteiger partial charge on any atom is 0.259 e. The molecule has 0 unspecified atom stereocenters. The van der Waals surface area contributed by atoms with Crippen LogP contribution in [0.2, 0.25) is 0 Å². The van der Waals surface area contributed by atoms with E-state index in [0.717, 1.165) is 18.9 Å². The van der Waals surface area contributed by atoms with E-state index in [1.54, 1.807) is 23.2 Å². The van der Waals surface area contributed by atoms with Crippen LogP contribution in [-0.4, -0.2) is 21.9 Å². The molecule has 0 atom stereocenters. The van der Waals surface area contributed by atoms with Crippen molar-refractivity contribution in [2.45, 2.75) is 25.7 Å². The van der Waals surface area contributed by atoms with Crippen LogP contribution in [-0.2, 0) is 0 Å². The summed E-state index contributed by atoms with van der Waals surface area (Å²) in [6.07, 6.45) is 3.32. The summed E-state index contributed by atoms with van der Waals surface area (Å²) in [6.45, 7) is -2.52. The molecule has 2 aromatic heterocycles. The van der Waals surface area contributed by atoms with Gasteiger partial charge in [-0.15, -0.1) is 0 Å². The fraction of sp³-hybridized carbons (Fsp3) is 0.267. The smallest absolute Gasteiger partial charge is 0.259 e. The SMILES string of the molecule is [2H]C([2H])([2H])c1cc(=O)[nH]c2c1NC(=O)c1cccnc1N2C1CC1. The first-order valence-corrected chi connectivity index (χ1v) is 6.69. The van der Waals surface area contributed by atoms with Crippen molar-refractivity contribution in [1.82, 2.24) is 9.97 Å². The number of nitrogens with zero attached hydrogens (tertiary/aromatic N) is 2. The summed E-state index contributed by atoms with van der Waals surface area (Å²) in [7, 11) is 0. The molecule has 6 nitrogen and oxygen atoms in total. The number of anilines is 3. The summed E-state index contributed by atoms with van der Waals surface area (Å²) < 4.78 is 23.1.